The van der Waals surface area contributed by atoms with Crippen LogP contribution in [0.2, 0.25) is 0 Å². The van der Waals surface area contributed by atoms with Gasteiger partial charge in [-0.15, -0.1) is 0 Å². The van der Waals surface area contributed by atoms with Gasteiger partial charge in [0.25, 0.3) is 0 Å². The second-order valence-corrected chi connectivity index (χ2v) is 4.64. The first-order valence-corrected chi connectivity index (χ1v) is 7.07. The van der Waals surface area contributed by atoms with Gasteiger partial charge in [0, 0.05) is 26.2 Å². The zero-order valence-corrected chi connectivity index (χ0v) is 11.7. The van der Waals surface area contributed by atoms with Crippen molar-refractivity contribution in [2.75, 3.05) is 45.9 Å². The highest BCUT2D eigenvalue weighted by atomic mass is 16.5. The standard InChI is InChI=1S/C13H27N3O2/c1-3-16(4-2)8-7-14-11-13(17)15-10-12-6-5-9-18-12/h12,14H,3-11H2,1-2H3,(H,15,17)/t12-/m0/s1. The van der Waals surface area contributed by atoms with Gasteiger partial charge in [0.2, 0.25) is 5.91 Å². The van der Waals surface area contributed by atoms with Crippen molar-refractivity contribution < 1.29 is 9.53 Å². The molecular weight excluding hydrogens is 230 g/mol. The second kappa shape index (κ2) is 9.30. The number of nitrogens with zero attached hydrogens (tertiary/aromatic N) is 1. The summed E-state index contributed by atoms with van der Waals surface area (Å²) in [5, 5.41) is 6.07. The van der Waals surface area contributed by atoms with Crippen molar-refractivity contribution in [1.29, 1.82) is 0 Å². The van der Waals surface area contributed by atoms with Crippen LogP contribution in [0, 0.1) is 0 Å². The Labute approximate surface area is 110 Å². The molecule has 0 spiro atoms. The van der Waals surface area contributed by atoms with Crippen LogP contribution in [0.1, 0.15) is 26.7 Å². The number of likely N-dealkylation sites (N-methyl/N-ethyl adjacent to an activating group) is 1. The predicted octanol–water partition coefficient (Wildman–Crippen LogP) is 0.213. The van der Waals surface area contributed by atoms with Crippen LogP contribution < -0.4 is 10.6 Å². The van der Waals surface area contributed by atoms with Crippen LogP contribution in [0.25, 0.3) is 0 Å². The van der Waals surface area contributed by atoms with Crippen LogP contribution in [-0.2, 0) is 9.53 Å². The van der Waals surface area contributed by atoms with E-state index in [-0.39, 0.29) is 12.0 Å². The van der Waals surface area contributed by atoms with E-state index in [2.05, 4.69) is 29.4 Å². The molecule has 1 heterocycles. The Bertz CT molecular complexity index is 226. The first kappa shape index (κ1) is 15.4. The highest BCUT2D eigenvalue weighted by Crippen LogP contribution is 2.10. The molecule has 1 rings (SSSR count). The summed E-state index contributed by atoms with van der Waals surface area (Å²) in [6.07, 6.45) is 2.41. The Morgan fingerprint density at radius 2 is 2.17 bits per heavy atom. The smallest absolute Gasteiger partial charge is 0.234 e. The maximum atomic E-state index is 11.5. The van der Waals surface area contributed by atoms with Crippen molar-refractivity contribution in [2.45, 2.75) is 32.8 Å². The van der Waals surface area contributed by atoms with Crippen LogP contribution in [0.5, 0.6) is 0 Å². The Morgan fingerprint density at radius 3 is 2.78 bits per heavy atom. The molecule has 0 bridgehead atoms. The van der Waals surface area contributed by atoms with Gasteiger partial charge in [-0.1, -0.05) is 13.8 Å². The van der Waals surface area contributed by atoms with E-state index in [1.165, 1.54) is 0 Å². The SMILES string of the molecule is CCN(CC)CCNCC(=O)NC[C@@H]1CCCO1. The van der Waals surface area contributed by atoms with Gasteiger partial charge in [-0.25, -0.2) is 0 Å². The number of hydrogen-bond acceptors (Lipinski definition) is 4. The minimum atomic E-state index is 0.0602. The Hall–Kier alpha value is -0.650. The molecule has 0 aromatic carbocycles. The van der Waals surface area contributed by atoms with Crippen molar-refractivity contribution in [2.24, 2.45) is 0 Å². The molecule has 1 saturated heterocycles. The third kappa shape index (κ3) is 6.33. The topological polar surface area (TPSA) is 53.6 Å². The summed E-state index contributed by atoms with van der Waals surface area (Å²) in [6.45, 7) is 10.1. The van der Waals surface area contributed by atoms with Gasteiger partial charge in [0.15, 0.2) is 0 Å². The normalized spacial score (nSPS) is 19.4. The van der Waals surface area contributed by atoms with Gasteiger partial charge >= 0.3 is 0 Å². The molecule has 1 atom stereocenters. The van der Waals surface area contributed by atoms with Crippen LogP contribution >= 0.6 is 0 Å². The summed E-state index contributed by atoms with van der Waals surface area (Å²) in [4.78, 5) is 13.9. The minimum Gasteiger partial charge on any atom is -0.376 e. The molecule has 0 radical (unpaired) electrons. The largest absolute Gasteiger partial charge is 0.376 e. The molecule has 0 saturated carbocycles. The van der Waals surface area contributed by atoms with E-state index in [4.69, 9.17) is 4.74 Å². The fourth-order valence-electron chi connectivity index (χ4n) is 2.07. The molecule has 5 heteroatoms. The molecule has 18 heavy (non-hydrogen) atoms. The van der Waals surface area contributed by atoms with Crippen LogP contribution in [0.3, 0.4) is 0 Å². The number of hydrogen-bond donors (Lipinski definition) is 2. The number of nitrogens with one attached hydrogen (secondary N) is 2. The summed E-state index contributed by atoms with van der Waals surface area (Å²) >= 11 is 0. The van der Waals surface area contributed by atoms with E-state index >= 15 is 0 Å². The summed E-state index contributed by atoms with van der Waals surface area (Å²) in [5.74, 6) is 0.0602. The van der Waals surface area contributed by atoms with Gasteiger partial charge in [0.05, 0.1) is 12.6 Å². The van der Waals surface area contributed by atoms with Gasteiger partial charge in [-0.2, -0.15) is 0 Å². The third-order valence-corrected chi connectivity index (χ3v) is 3.34. The Morgan fingerprint density at radius 1 is 1.39 bits per heavy atom. The maximum Gasteiger partial charge on any atom is 0.234 e. The van der Waals surface area contributed by atoms with E-state index in [1.807, 2.05) is 0 Å². The molecular formula is C13H27N3O2. The molecule has 106 valence electrons. The molecule has 2 N–H and O–H groups in total. The zero-order chi connectivity index (χ0) is 13.2. The van der Waals surface area contributed by atoms with Gasteiger partial charge in [-0.05, 0) is 25.9 Å². The lowest BCUT2D eigenvalue weighted by atomic mass is 10.2. The monoisotopic (exact) mass is 257 g/mol. The summed E-state index contributed by atoms with van der Waals surface area (Å²) in [5.41, 5.74) is 0. The highest BCUT2D eigenvalue weighted by molar-refractivity contribution is 5.77. The lowest BCUT2D eigenvalue weighted by Crippen LogP contribution is -2.40. The van der Waals surface area contributed by atoms with Gasteiger partial charge in [-0.3, -0.25) is 4.79 Å². The van der Waals surface area contributed by atoms with E-state index in [0.29, 0.717) is 13.1 Å². The maximum absolute atomic E-state index is 11.5. The lowest BCUT2D eigenvalue weighted by molar-refractivity contribution is -0.120. The first-order valence-electron chi connectivity index (χ1n) is 7.07. The third-order valence-electron chi connectivity index (χ3n) is 3.34. The van der Waals surface area contributed by atoms with Crippen LogP contribution in [0.15, 0.2) is 0 Å². The number of carbonyl (C=O) groups excluding carboxylic acids is 1. The highest BCUT2D eigenvalue weighted by Gasteiger charge is 2.15. The van der Waals surface area contributed by atoms with Crippen molar-refractivity contribution in [1.82, 2.24) is 15.5 Å². The molecule has 1 amide bonds. The van der Waals surface area contributed by atoms with Crippen molar-refractivity contribution in [3.05, 3.63) is 0 Å². The first-order chi connectivity index (χ1) is 8.76. The Kier molecular flexibility index (Phi) is 7.96. The van der Waals surface area contributed by atoms with Crippen LogP contribution in [-0.4, -0.2) is 62.8 Å². The molecule has 1 aliphatic heterocycles. The lowest BCUT2D eigenvalue weighted by Gasteiger charge is -2.18. The van der Waals surface area contributed by atoms with E-state index in [0.717, 1.165) is 45.6 Å². The molecule has 1 aliphatic rings. The predicted molar refractivity (Wildman–Crippen MR) is 72.6 cm³/mol. The molecule has 0 aliphatic carbocycles. The van der Waals surface area contributed by atoms with Crippen LogP contribution in [0.4, 0.5) is 0 Å². The Balaban J connectivity index is 1.96. The molecule has 0 aromatic rings. The number of ether oxygens (including phenoxy) is 1. The summed E-state index contributed by atoms with van der Waals surface area (Å²) < 4.78 is 5.45. The average Bonchev–Trinajstić information content (AvgIpc) is 2.90. The summed E-state index contributed by atoms with van der Waals surface area (Å²) in [6, 6.07) is 0. The second-order valence-electron chi connectivity index (χ2n) is 4.64. The fraction of sp³-hybridized carbons (Fsp3) is 0.923. The molecule has 0 unspecified atom stereocenters. The zero-order valence-electron chi connectivity index (χ0n) is 11.7. The van der Waals surface area contributed by atoms with E-state index in [1.54, 1.807) is 0 Å². The van der Waals surface area contributed by atoms with Crippen molar-refractivity contribution >= 4 is 5.91 Å². The minimum absolute atomic E-state index is 0.0602. The van der Waals surface area contributed by atoms with Crippen molar-refractivity contribution in [3.8, 4) is 0 Å². The van der Waals surface area contributed by atoms with Gasteiger partial charge < -0.3 is 20.3 Å². The quantitative estimate of drug-likeness (QED) is 0.580. The van der Waals surface area contributed by atoms with Gasteiger partial charge in [0.1, 0.15) is 0 Å². The van der Waals surface area contributed by atoms with Crippen molar-refractivity contribution in [3.63, 3.8) is 0 Å². The number of rotatable bonds is 9. The summed E-state index contributed by atoms with van der Waals surface area (Å²) in [7, 11) is 0. The average molecular weight is 257 g/mol. The molecule has 0 aromatic heterocycles. The van der Waals surface area contributed by atoms with E-state index < -0.39 is 0 Å². The molecule has 1 fully saturated rings. The number of amides is 1. The molecule has 5 nitrogen and oxygen atoms in total. The fourth-order valence-corrected chi connectivity index (χ4v) is 2.07. The van der Waals surface area contributed by atoms with E-state index in [9.17, 15) is 4.79 Å². The number of carbonyl (C=O) groups is 1.